The Bertz CT molecular complexity index is 426. The van der Waals surface area contributed by atoms with E-state index in [2.05, 4.69) is 0 Å². The first-order valence-electron chi connectivity index (χ1n) is 5.60. The number of hydrogen-bond acceptors (Lipinski definition) is 2. The average molecular weight is 295 g/mol. The molecular weight excluding hydrogens is 279 g/mol. The zero-order chi connectivity index (χ0) is 12.7. The zero-order valence-corrected chi connectivity index (χ0v) is 11.9. The maximum atomic E-state index is 11.9. The molecule has 0 N–H and O–H groups in total. The molecule has 0 aliphatic heterocycles. The van der Waals surface area contributed by atoms with Crippen LogP contribution in [0, 0.1) is 0 Å². The summed E-state index contributed by atoms with van der Waals surface area (Å²) in [5.74, 6) is 0.834. The number of hydrogen-bond donors (Lipinski definition) is 0. The fourth-order valence-corrected chi connectivity index (χ4v) is 3.19. The third kappa shape index (κ3) is 5.28. The predicted octanol–water partition coefficient (Wildman–Crippen LogP) is 3.91. The van der Waals surface area contributed by atoms with E-state index in [1.165, 1.54) is 0 Å². The molecule has 96 valence electrons. The van der Waals surface area contributed by atoms with Crippen LogP contribution in [0.25, 0.3) is 0 Å². The maximum Gasteiger partial charge on any atom is 0.178 e. The number of sulfone groups is 1. The van der Waals surface area contributed by atoms with Crippen molar-refractivity contribution in [1.82, 2.24) is 0 Å². The van der Waals surface area contributed by atoms with Gasteiger partial charge < -0.3 is 0 Å². The standard InChI is InChI=1S/C12H16Cl2O2S/c13-9-3-1-2-4-10-17(15,16)12-7-5-11(14)6-8-12/h5-8H,1-4,9-10H2. The van der Waals surface area contributed by atoms with Crippen LogP contribution >= 0.6 is 23.2 Å². The Kier molecular flexibility index (Phi) is 6.31. The molecule has 17 heavy (non-hydrogen) atoms. The van der Waals surface area contributed by atoms with Gasteiger partial charge in [-0.3, -0.25) is 0 Å². The Morgan fingerprint density at radius 2 is 1.53 bits per heavy atom. The molecule has 1 aromatic carbocycles. The molecule has 0 aromatic heterocycles. The fourth-order valence-electron chi connectivity index (χ4n) is 1.50. The molecule has 1 aromatic rings. The van der Waals surface area contributed by atoms with Gasteiger partial charge in [-0.05, 0) is 37.1 Å². The summed E-state index contributed by atoms with van der Waals surface area (Å²) in [7, 11) is -3.16. The number of unbranched alkanes of at least 4 members (excludes halogenated alkanes) is 3. The molecule has 5 heteroatoms. The molecule has 1 rings (SSSR count). The van der Waals surface area contributed by atoms with Gasteiger partial charge in [-0.15, -0.1) is 11.6 Å². The minimum Gasteiger partial charge on any atom is -0.224 e. The SMILES string of the molecule is O=S(=O)(CCCCCCCl)c1ccc(Cl)cc1. The Balaban J connectivity index is 2.48. The van der Waals surface area contributed by atoms with Gasteiger partial charge in [0.15, 0.2) is 9.84 Å². The van der Waals surface area contributed by atoms with Gasteiger partial charge in [0.25, 0.3) is 0 Å². The smallest absolute Gasteiger partial charge is 0.178 e. The van der Waals surface area contributed by atoms with E-state index >= 15 is 0 Å². The highest BCUT2D eigenvalue weighted by molar-refractivity contribution is 7.91. The largest absolute Gasteiger partial charge is 0.224 e. The van der Waals surface area contributed by atoms with Gasteiger partial charge in [0.1, 0.15) is 0 Å². The van der Waals surface area contributed by atoms with Crippen LogP contribution in [0.2, 0.25) is 5.02 Å². The molecule has 0 saturated heterocycles. The second kappa shape index (κ2) is 7.24. The summed E-state index contributed by atoms with van der Waals surface area (Å²) in [6, 6.07) is 6.30. The number of halogens is 2. The topological polar surface area (TPSA) is 34.1 Å². The molecule has 0 aliphatic carbocycles. The van der Waals surface area contributed by atoms with Gasteiger partial charge in [-0.2, -0.15) is 0 Å². The normalized spacial score (nSPS) is 11.6. The van der Waals surface area contributed by atoms with Crippen molar-refractivity contribution in [3.63, 3.8) is 0 Å². The van der Waals surface area contributed by atoms with Crippen molar-refractivity contribution in [3.8, 4) is 0 Å². The third-order valence-corrected chi connectivity index (χ3v) is 4.81. The average Bonchev–Trinajstić information content (AvgIpc) is 2.29. The molecule has 0 unspecified atom stereocenters. The van der Waals surface area contributed by atoms with Gasteiger partial charge in [-0.1, -0.05) is 24.4 Å². The number of benzene rings is 1. The fraction of sp³-hybridized carbons (Fsp3) is 0.500. The molecule has 0 atom stereocenters. The third-order valence-electron chi connectivity index (χ3n) is 2.47. The highest BCUT2D eigenvalue weighted by Gasteiger charge is 2.13. The molecule has 0 amide bonds. The first-order valence-corrected chi connectivity index (χ1v) is 8.17. The number of alkyl halides is 1. The van der Waals surface area contributed by atoms with Crippen LogP contribution in [-0.2, 0) is 9.84 Å². The van der Waals surface area contributed by atoms with E-state index in [0.717, 1.165) is 19.3 Å². The lowest BCUT2D eigenvalue weighted by Gasteiger charge is -2.04. The molecule has 0 saturated carbocycles. The van der Waals surface area contributed by atoms with Crippen molar-refractivity contribution in [1.29, 1.82) is 0 Å². The molecule has 0 aliphatic rings. The van der Waals surface area contributed by atoms with Crippen molar-refractivity contribution < 1.29 is 8.42 Å². The second-order valence-corrected chi connectivity index (χ2v) is 6.80. The van der Waals surface area contributed by atoms with Gasteiger partial charge in [0.2, 0.25) is 0 Å². The Hall–Kier alpha value is -0.250. The van der Waals surface area contributed by atoms with Crippen molar-refractivity contribution in [2.75, 3.05) is 11.6 Å². The Morgan fingerprint density at radius 1 is 0.941 bits per heavy atom. The second-order valence-electron chi connectivity index (χ2n) is 3.88. The van der Waals surface area contributed by atoms with E-state index in [1.54, 1.807) is 24.3 Å². The molecule has 0 fully saturated rings. The highest BCUT2D eigenvalue weighted by Crippen LogP contribution is 2.16. The monoisotopic (exact) mass is 294 g/mol. The van der Waals surface area contributed by atoms with E-state index < -0.39 is 9.84 Å². The number of rotatable bonds is 7. The minimum atomic E-state index is -3.16. The first kappa shape index (κ1) is 14.8. The van der Waals surface area contributed by atoms with Gasteiger partial charge in [0, 0.05) is 10.9 Å². The summed E-state index contributed by atoms with van der Waals surface area (Å²) < 4.78 is 23.8. The molecule has 0 bridgehead atoms. The maximum absolute atomic E-state index is 11.9. The summed E-state index contributed by atoms with van der Waals surface area (Å²) >= 11 is 11.3. The quantitative estimate of drug-likeness (QED) is 0.564. The highest BCUT2D eigenvalue weighted by atomic mass is 35.5. The van der Waals surface area contributed by atoms with E-state index in [4.69, 9.17) is 23.2 Å². The van der Waals surface area contributed by atoms with Crippen molar-refractivity contribution in [3.05, 3.63) is 29.3 Å². The zero-order valence-electron chi connectivity index (χ0n) is 9.53. The van der Waals surface area contributed by atoms with Crippen molar-refractivity contribution >= 4 is 33.0 Å². The van der Waals surface area contributed by atoms with Crippen LogP contribution in [0.1, 0.15) is 25.7 Å². The minimum absolute atomic E-state index is 0.191. The van der Waals surface area contributed by atoms with Crippen LogP contribution in [-0.4, -0.2) is 20.1 Å². The van der Waals surface area contributed by atoms with Crippen LogP contribution in [0.3, 0.4) is 0 Å². The summed E-state index contributed by atoms with van der Waals surface area (Å²) in [4.78, 5) is 0.347. The lowest BCUT2D eigenvalue weighted by Crippen LogP contribution is -2.06. The summed E-state index contributed by atoms with van der Waals surface area (Å²) in [6.07, 6.45) is 3.52. The molecular formula is C12H16Cl2O2S. The molecule has 0 heterocycles. The van der Waals surface area contributed by atoms with E-state index in [0.29, 0.717) is 22.2 Å². The molecule has 0 spiro atoms. The predicted molar refractivity (Wildman–Crippen MR) is 72.7 cm³/mol. The van der Waals surface area contributed by atoms with Crippen LogP contribution in [0.15, 0.2) is 29.2 Å². The van der Waals surface area contributed by atoms with Crippen LogP contribution in [0.5, 0.6) is 0 Å². The summed E-state index contributed by atoms with van der Waals surface area (Å²) in [5.41, 5.74) is 0. The summed E-state index contributed by atoms with van der Waals surface area (Å²) in [5, 5.41) is 0.547. The van der Waals surface area contributed by atoms with E-state index in [1.807, 2.05) is 0 Å². The van der Waals surface area contributed by atoms with Crippen LogP contribution in [0.4, 0.5) is 0 Å². The van der Waals surface area contributed by atoms with E-state index in [9.17, 15) is 8.42 Å². The first-order chi connectivity index (χ1) is 8.06. The van der Waals surface area contributed by atoms with Gasteiger partial charge in [0.05, 0.1) is 10.6 Å². The van der Waals surface area contributed by atoms with Gasteiger partial charge >= 0.3 is 0 Å². The Labute approximate surface area is 113 Å². The summed E-state index contributed by atoms with van der Waals surface area (Å²) in [6.45, 7) is 0. The van der Waals surface area contributed by atoms with Crippen LogP contribution < -0.4 is 0 Å². The van der Waals surface area contributed by atoms with Crippen molar-refractivity contribution in [2.45, 2.75) is 30.6 Å². The van der Waals surface area contributed by atoms with E-state index in [-0.39, 0.29) is 5.75 Å². The lowest BCUT2D eigenvalue weighted by molar-refractivity contribution is 0.589. The molecule has 2 nitrogen and oxygen atoms in total. The lowest BCUT2D eigenvalue weighted by atomic mass is 10.2. The molecule has 0 radical (unpaired) electrons. The van der Waals surface area contributed by atoms with Gasteiger partial charge in [-0.25, -0.2) is 8.42 Å². The van der Waals surface area contributed by atoms with Crippen molar-refractivity contribution in [2.24, 2.45) is 0 Å². The Morgan fingerprint density at radius 3 is 2.12 bits per heavy atom.